The fourth-order valence-corrected chi connectivity index (χ4v) is 1.56. The number of aromatic nitrogens is 1. The minimum Gasteiger partial charge on any atom is -0.469 e. The van der Waals surface area contributed by atoms with E-state index in [0.29, 0.717) is 5.33 Å². The summed E-state index contributed by atoms with van der Waals surface area (Å²) in [5.74, 6) is 1.64. The molecule has 0 unspecified atom stereocenters. The number of furan rings is 1. The third-order valence-corrected chi connectivity index (χ3v) is 2.29. The van der Waals surface area contributed by atoms with E-state index in [1.54, 1.807) is 6.26 Å². The average molecular weight is 242 g/mol. The maximum Gasteiger partial charge on any atom is 0.181 e. The number of rotatable bonds is 2. The maximum atomic E-state index is 5.25. The summed E-state index contributed by atoms with van der Waals surface area (Å²) >= 11 is 3.34. The zero-order valence-electron chi connectivity index (χ0n) is 7.08. The first kappa shape index (κ1) is 8.56. The molecule has 0 fully saturated rings. The van der Waals surface area contributed by atoms with Crippen molar-refractivity contribution in [1.29, 1.82) is 0 Å². The van der Waals surface area contributed by atoms with Crippen LogP contribution in [0.3, 0.4) is 0 Å². The lowest BCUT2D eigenvalue weighted by Gasteiger charge is -1.91. The summed E-state index contributed by atoms with van der Waals surface area (Å²) in [5, 5.41) is 0.684. The van der Waals surface area contributed by atoms with Gasteiger partial charge in [0, 0.05) is 5.33 Å². The van der Waals surface area contributed by atoms with Crippen LogP contribution >= 0.6 is 15.9 Å². The molecule has 0 aliphatic carbocycles. The summed E-state index contributed by atoms with van der Waals surface area (Å²) in [5.41, 5.74) is 1.82. The Labute approximate surface area is 83.9 Å². The molecule has 68 valence electrons. The van der Waals surface area contributed by atoms with Gasteiger partial charge < -0.3 is 8.83 Å². The molecule has 0 atom stereocenters. The quantitative estimate of drug-likeness (QED) is 0.759. The second-order valence-corrected chi connectivity index (χ2v) is 3.27. The van der Waals surface area contributed by atoms with E-state index in [1.807, 2.05) is 13.0 Å². The van der Waals surface area contributed by atoms with Gasteiger partial charge in [0.05, 0.1) is 11.3 Å². The topological polar surface area (TPSA) is 39.2 Å². The third kappa shape index (κ3) is 1.54. The van der Waals surface area contributed by atoms with Crippen molar-refractivity contribution in [3.8, 4) is 11.3 Å². The van der Waals surface area contributed by atoms with E-state index in [0.717, 1.165) is 22.8 Å². The number of oxazole rings is 1. The SMILES string of the molecule is Cc1cc(-c2ocnc2CBr)co1. The highest BCUT2D eigenvalue weighted by Crippen LogP contribution is 2.26. The predicted molar refractivity (Wildman–Crippen MR) is 51.6 cm³/mol. The second-order valence-electron chi connectivity index (χ2n) is 2.71. The van der Waals surface area contributed by atoms with Gasteiger partial charge >= 0.3 is 0 Å². The van der Waals surface area contributed by atoms with Crippen LogP contribution in [-0.4, -0.2) is 4.98 Å². The van der Waals surface area contributed by atoms with Crippen molar-refractivity contribution >= 4 is 15.9 Å². The Balaban J connectivity index is 2.45. The lowest BCUT2D eigenvalue weighted by atomic mass is 10.2. The zero-order chi connectivity index (χ0) is 9.26. The highest BCUT2D eigenvalue weighted by molar-refractivity contribution is 9.08. The van der Waals surface area contributed by atoms with Crippen LogP contribution in [0.4, 0.5) is 0 Å². The van der Waals surface area contributed by atoms with Gasteiger partial charge in [0.2, 0.25) is 0 Å². The van der Waals surface area contributed by atoms with Gasteiger partial charge in [-0.05, 0) is 13.0 Å². The third-order valence-electron chi connectivity index (χ3n) is 1.76. The van der Waals surface area contributed by atoms with Crippen molar-refractivity contribution < 1.29 is 8.83 Å². The van der Waals surface area contributed by atoms with Gasteiger partial charge in [-0.3, -0.25) is 0 Å². The number of nitrogens with zero attached hydrogens (tertiary/aromatic N) is 1. The standard InChI is InChI=1S/C9H8BrNO2/c1-6-2-7(4-12-6)9-8(3-10)11-5-13-9/h2,4-5H,3H2,1H3. The molecule has 0 aromatic carbocycles. The van der Waals surface area contributed by atoms with E-state index in [4.69, 9.17) is 8.83 Å². The molecule has 0 spiro atoms. The fraction of sp³-hybridized carbons (Fsp3) is 0.222. The number of halogens is 1. The molecule has 0 aliphatic heterocycles. The lowest BCUT2D eigenvalue weighted by Crippen LogP contribution is -1.79. The molecule has 13 heavy (non-hydrogen) atoms. The molecule has 4 heteroatoms. The molecule has 3 nitrogen and oxygen atoms in total. The second kappa shape index (κ2) is 3.38. The summed E-state index contributed by atoms with van der Waals surface area (Å²) in [7, 11) is 0. The fourth-order valence-electron chi connectivity index (χ4n) is 1.16. The van der Waals surface area contributed by atoms with E-state index < -0.39 is 0 Å². The molecule has 0 saturated carbocycles. The van der Waals surface area contributed by atoms with Crippen LogP contribution in [0, 0.1) is 6.92 Å². The highest BCUT2D eigenvalue weighted by Gasteiger charge is 2.11. The molecule has 0 N–H and O–H groups in total. The molecule has 0 amide bonds. The summed E-state index contributed by atoms with van der Waals surface area (Å²) in [6, 6.07) is 1.92. The Morgan fingerprint density at radius 1 is 1.46 bits per heavy atom. The minimum atomic E-state index is 0.684. The number of alkyl halides is 1. The van der Waals surface area contributed by atoms with Crippen LogP contribution in [0.1, 0.15) is 11.5 Å². The lowest BCUT2D eigenvalue weighted by molar-refractivity contribution is 0.531. The van der Waals surface area contributed by atoms with Crippen LogP contribution in [0.5, 0.6) is 0 Å². The van der Waals surface area contributed by atoms with Crippen LogP contribution < -0.4 is 0 Å². The average Bonchev–Trinajstić information content (AvgIpc) is 2.71. The van der Waals surface area contributed by atoms with Crippen LogP contribution in [0.2, 0.25) is 0 Å². The molecule has 0 bridgehead atoms. The highest BCUT2D eigenvalue weighted by atomic mass is 79.9. The van der Waals surface area contributed by atoms with E-state index >= 15 is 0 Å². The van der Waals surface area contributed by atoms with Gasteiger partial charge in [0.1, 0.15) is 12.0 Å². The monoisotopic (exact) mass is 241 g/mol. The summed E-state index contributed by atoms with van der Waals surface area (Å²) in [6.07, 6.45) is 3.11. The molecule has 2 aromatic heterocycles. The van der Waals surface area contributed by atoms with E-state index in [2.05, 4.69) is 20.9 Å². The van der Waals surface area contributed by atoms with Crippen molar-refractivity contribution in [2.45, 2.75) is 12.3 Å². The molecular formula is C9H8BrNO2. The Morgan fingerprint density at radius 3 is 2.92 bits per heavy atom. The first-order valence-corrected chi connectivity index (χ1v) is 4.97. The largest absolute Gasteiger partial charge is 0.469 e. The van der Waals surface area contributed by atoms with E-state index in [-0.39, 0.29) is 0 Å². The van der Waals surface area contributed by atoms with E-state index in [1.165, 1.54) is 6.39 Å². The van der Waals surface area contributed by atoms with Crippen molar-refractivity contribution in [2.24, 2.45) is 0 Å². The normalized spacial score (nSPS) is 10.6. The van der Waals surface area contributed by atoms with Crippen LogP contribution in [-0.2, 0) is 5.33 Å². The maximum absolute atomic E-state index is 5.25. The first-order chi connectivity index (χ1) is 6.31. The molecule has 0 saturated heterocycles. The van der Waals surface area contributed by atoms with Crippen molar-refractivity contribution in [2.75, 3.05) is 0 Å². The summed E-state index contributed by atoms with van der Waals surface area (Å²) in [4.78, 5) is 4.07. The van der Waals surface area contributed by atoms with Gasteiger partial charge in [0.15, 0.2) is 12.2 Å². The molecule has 2 rings (SSSR count). The summed E-state index contributed by atoms with van der Waals surface area (Å²) in [6.45, 7) is 1.90. The van der Waals surface area contributed by atoms with Gasteiger partial charge in [-0.25, -0.2) is 4.98 Å². The zero-order valence-corrected chi connectivity index (χ0v) is 8.67. The van der Waals surface area contributed by atoms with Crippen molar-refractivity contribution in [3.63, 3.8) is 0 Å². The molecule has 0 radical (unpaired) electrons. The Bertz CT molecular complexity index is 405. The van der Waals surface area contributed by atoms with E-state index in [9.17, 15) is 0 Å². The number of aryl methyl sites for hydroxylation is 1. The molecule has 0 aliphatic rings. The Kier molecular flexibility index (Phi) is 2.22. The summed E-state index contributed by atoms with van der Waals surface area (Å²) < 4.78 is 10.4. The first-order valence-electron chi connectivity index (χ1n) is 3.85. The molecule has 2 heterocycles. The van der Waals surface area contributed by atoms with Gasteiger partial charge in [-0.2, -0.15) is 0 Å². The smallest absolute Gasteiger partial charge is 0.181 e. The van der Waals surface area contributed by atoms with Crippen molar-refractivity contribution in [3.05, 3.63) is 30.2 Å². The predicted octanol–water partition coefficient (Wildman–Crippen LogP) is 3.14. The molecular weight excluding hydrogens is 234 g/mol. The molecule has 2 aromatic rings. The van der Waals surface area contributed by atoms with Crippen LogP contribution in [0.25, 0.3) is 11.3 Å². The van der Waals surface area contributed by atoms with Gasteiger partial charge in [0.25, 0.3) is 0 Å². The van der Waals surface area contributed by atoms with Gasteiger partial charge in [-0.15, -0.1) is 0 Å². The minimum absolute atomic E-state index is 0.684. The van der Waals surface area contributed by atoms with Gasteiger partial charge in [-0.1, -0.05) is 15.9 Å². The number of hydrogen-bond acceptors (Lipinski definition) is 3. The van der Waals surface area contributed by atoms with Crippen molar-refractivity contribution in [1.82, 2.24) is 4.98 Å². The van der Waals surface area contributed by atoms with Crippen LogP contribution in [0.15, 0.2) is 27.6 Å². The Morgan fingerprint density at radius 2 is 2.31 bits per heavy atom. The Hall–Kier alpha value is -1.03. The number of hydrogen-bond donors (Lipinski definition) is 0.